The Balaban J connectivity index is 0.989. The highest BCUT2D eigenvalue weighted by molar-refractivity contribution is 7.19. The summed E-state index contributed by atoms with van der Waals surface area (Å²) in [5, 5.41) is 18.1. The van der Waals surface area contributed by atoms with Crippen LogP contribution >= 0.6 is 11.3 Å². The molecule has 3 aromatic heterocycles. The van der Waals surface area contributed by atoms with Crippen molar-refractivity contribution in [2.75, 3.05) is 0 Å². The third-order valence-electron chi connectivity index (χ3n) is 12.4. The quantitative estimate of drug-likeness (QED) is 0.164. The molecule has 0 amide bonds. The summed E-state index contributed by atoms with van der Waals surface area (Å²) in [6.45, 7) is 0. The first-order chi connectivity index (χ1) is 28.3. The Morgan fingerprint density at radius 2 is 1.30 bits per heavy atom. The number of benzene rings is 6. The van der Waals surface area contributed by atoms with Crippen LogP contribution in [0.2, 0.25) is 0 Å². The van der Waals surface area contributed by atoms with Gasteiger partial charge in [-0.3, -0.25) is 16.0 Å². The van der Waals surface area contributed by atoms with Crippen LogP contribution in [0.15, 0.2) is 168 Å². The lowest BCUT2D eigenvalue weighted by Crippen LogP contribution is -2.61. The Bertz CT molecular complexity index is 3060. The van der Waals surface area contributed by atoms with Gasteiger partial charge in [0.15, 0.2) is 0 Å². The fraction of sp³-hybridized carbons (Fsp3) is 0.137. The van der Waals surface area contributed by atoms with Gasteiger partial charge in [0, 0.05) is 59.9 Å². The maximum Gasteiger partial charge on any atom is 0.136 e. The largest absolute Gasteiger partial charge is 0.456 e. The molecule has 5 atom stereocenters. The van der Waals surface area contributed by atoms with Gasteiger partial charge in [-0.1, -0.05) is 140 Å². The third-order valence-corrected chi connectivity index (χ3v) is 13.6. The van der Waals surface area contributed by atoms with Crippen molar-refractivity contribution in [2.45, 2.75) is 37.4 Å². The number of thiophene rings is 1. The minimum atomic E-state index is -0.122. The van der Waals surface area contributed by atoms with E-state index in [1.807, 2.05) is 11.3 Å². The second-order valence-corrected chi connectivity index (χ2v) is 16.8. The van der Waals surface area contributed by atoms with E-state index in [-0.39, 0.29) is 24.5 Å². The standard InChI is InChI=1S/C51H40N4OS/c1-3-14-31(15-4-1)49-52-50(32-16-5-2-6-17-32)54-51(53-49)39-22-12-26-43-48(39)47-37(20-11-25-42(47)56-43)36-21-13-27-44-46(36)38-29-28-33(30-45(38)57-44)55-40-23-9-7-18-34(40)35-19-8-10-24-41(35)55/h1-16,18-29,32-33,49-54H,17,30H2. The molecule has 57 heavy (non-hydrogen) atoms. The molecule has 5 unspecified atom stereocenters. The van der Waals surface area contributed by atoms with Crippen LogP contribution in [0.25, 0.3) is 71.0 Å². The maximum atomic E-state index is 6.73. The average molecular weight is 757 g/mol. The van der Waals surface area contributed by atoms with E-state index in [2.05, 4.69) is 190 Å². The van der Waals surface area contributed by atoms with Crippen LogP contribution in [0.4, 0.5) is 0 Å². The molecule has 276 valence electrons. The molecule has 0 bridgehead atoms. The van der Waals surface area contributed by atoms with E-state index in [1.165, 1.54) is 64.6 Å². The van der Waals surface area contributed by atoms with Crippen LogP contribution in [0, 0.1) is 5.92 Å². The molecular weight excluding hydrogens is 717 g/mol. The highest BCUT2D eigenvalue weighted by Crippen LogP contribution is 2.47. The van der Waals surface area contributed by atoms with Gasteiger partial charge in [-0.15, -0.1) is 11.3 Å². The predicted molar refractivity (Wildman–Crippen MR) is 237 cm³/mol. The highest BCUT2D eigenvalue weighted by atomic mass is 32.1. The van der Waals surface area contributed by atoms with Crippen LogP contribution in [0.3, 0.4) is 0 Å². The maximum absolute atomic E-state index is 6.73. The summed E-state index contributed by atoms with van der Waals surface area (Å²) in [7, 11) is 0. The summed E-state index contributed by atoms with van der Waals surface area (Å²) in [5.41, 5.74) is 10.6. The molecule has 1 saturated heterocycles. The number of furan rings is 1. The smallest absolute Gasteiger partial charge is 0.136 e. The number of hydrogen-bond acceptors (Lipinski definition) is 5. The molecule has 2 aliphatic carbocycles. The second kappa shape index (κ2) is 13.3. The lowest BCUT2D eigenvalue weighted by atomic mass is 9.90. The van der Waals surface area contributed by atoms with Crippen molar-refractivity contribution < 1.29 is 4.42 Å². The zero-order valence-corrected chi connectivity index (χ0v) is 32.0. The second-order valence-electron chi connectivity index (χ2n) is 15.6. The first-order valence-corrected chi connectivity index (χ1v) is 20.9. The average Bonchev–Trinajstić information content (AvgIpc) is 3.96. The van der Waals surface area contributed by atoms with E-state index in [9.17, 15) is 0 Å². The molecule has 1 aliphatic heterocycles. The lowest BCUT2D eigenvalue weighted by Gasteiger charge is -2.42. The molecule has 0 saturated carbocycles. The molecule has 12 rings (SSSR count). The van der Waals surface area contributed by atoms with Crippen molar-refractivity contribution in [3.63, 3.8) is 0 Å². The fourth-order valence-corrected chi connectivity index (χ4v) is 11.1. The van der Waals surface area contributed by atoms with E-state index in [0.29, 0.717) is 5.92 Å². The molecule has 0 radical (unpaired) electrons. The number of rotatable bonds is 5. The number of nitrogens with one attached hydrogen (secondary N) is 3. The highest BCUT2D eigenvalue weighted by Gasteiger charge is 2.34. The lowest BCUT2D eigenvalue weighted by molar-refractivity contribution is 0.171. The Morgan fingerprint density at radius 3 is 2.09 bits per heavy atom. The number of allylic oxidation sites excluding steroid dienone is 4. The van der Waals surface area contributed by atoms with Crippen molar-refractivity contribution in [3.05, 3.63) is 185 Å². The van der Waals surface area contributed by atoms with Crippen LogP contribution in [0.1, 0.15) is 46.4 Å². The molecule has 6 aromatic carbocycles. The molecule has 6 heteroatoms. The minimum absolute atomic E-state index is 0.0288. The van der Waals surface area contributed by atoms with Gasteiger partial charge in [0.1, 0.15) is 11.2 Å². The van der Waals surface area contributed by atoms with E-state index >= 15 is 0 Å². The summed E-state index contributed by atoms with van der Waals surface area (Å²) in [6.07, 6.45) is 15.6. The Morgan fingerprint density at radius 1 is 0.596 bits per heavy atom. The van der Waals surface area contributed by atoms with E-state index in [4.69, 9.17) is 4.42 Å². The molecular formula is C51H40N4OS. The van der Waals surface area contributed by atoms with Gasteiger partial charge >= 0.3 is 0 Å². The summed E-state index contributed by atoms with van der Waals surface area (Å²) in [5.74, 6) is 0.326. The van der Waals surface area contributed by atoms with Crippen molar-refractivity contribution in [1.29, 1.82) is 0 Å². The van der Waals surface area contributed by atoms with Crippen LogP contribution < -0.4 is 16.0 Å². The summed E-state index contributed by atoms with van der Waals surface area (Å²) in [6, 6.07) is 48.6. The van der Waals surface area contributed by atoms with Crippen molar-refractivity contribution in [2.24, 2.45) is 5.92 Å². The molecule has 1 fully saturated rings. The molecule has 5 nitrogen and oxygen atoms in total. The first-order valence-electron chi connectivity index (χ1n) is 20.1. The predicted octanol–water partition coefficient (Wildman–Crippen LogP) is 12.3. The number of nitrogens with zero attached hydrogens (tertiary/aromatic N) is 1. The van der Waals surface area contributed by atoms with E-state index in [1.54, 1.807) is 0 Å². The number of hydrogen-bond donors (Lipinski definition) is 3. The zero-order chi connectivity index (χ0) is 37.5. The number of fused-ring (bicyclic) bond motifs is 9. The summed E-state index contributed by atoms with van der Waals surface area (Å²) < 4.78 is 10.6. The van der Waals surface area contributed by atoms with Gasteiger partial charge in [-0.2, -0.15) is 0 Å². The summed E-state index contributed by atoms with van der Waals surface area (Å²) >= 11 is 1.94. The molecule has 3 aliphatic rings. The fourth-order valence-electron chi connectivity index (χ4n) is 9.87. The Kier molecular flexibility index (Phi) is 7.73. The van der Waals surface area contributed by atoms with Crippen LogP contribution in [0.5, 0.6) is 0 Å². The van der Waals surface area contributed by atoms with Gasteiger partial charge in [0.2, 0.25) is 0 Å². The Labute approximate surface area is 334 Å². The van der Waals surface area contributed by atoms with Crippen molar-refractivity contribution in [1.82, 2.24) is 20.5 Å². The SMILES string of the molecule is C1=CCC(C2NC(c3ccccc3)NC(c3cccc4oc5cccc(-c6cccc7sc8c(c67)C=CC(n6c7ccccc7c7ccccc76)C8)c5c34)N2)C=C1. The van der Waals surface area contributed by atoms with Gasteiger partial charge < -0.3 is 8.98 Å². The summed E-state index contributed by atoms with van der Waals surface area (Å²) in [4.78, 5) is 1.43. The van der Waals surface area contributed by atoms with Gasteiger partial charge in [-0.25, -0.2) is 0 Å². The zero-order valence-electron chi connectivity index (χ0n) is 31.2. The van der Waals surface area contributed by atoms with Crippen molar-refractivity contribution in [3.8, 4) is 11.1 Å². The van der Waals surface area contributed by atoms with Gasteiger partial charge in [0.25, 0.3) is 0 Å². The number of para-hydroxylation sites is 2. The Hall–Kier alpha value is -6.02. The molecule has 0 spiro atoms. The van der Waals surface area contributed by atoms with Crippen molar-refractivity contribution >= 4 is 71.2 Å². The van der Waals surface area contributed by atoms with Crippen LogP contribution in [-0.2, 0) is 6.42 Å². The van der Waals surface area contributed by atoms with Gasteiger partial charge in [0.05, 0.1) is 24.5 Å². The van der Waals surface area contributed by atoms with E-state index in [0.717, 1.165) is 34.8 Å². The molecule has 9 aromatic rings. The normalized spacial score (nSPS) is 22.0. The molecule has 3 N–H and O–H groups in total. The topological polar surface area (TPSA) is 54.2 Å². The monoisotopic (exact) mass is 756 g/mol. The van der Waals surface area contributed by atoms with Crippen LogP contribution in [-0.4, -0.2) is 10.7 Å². The first kappa shape index (κ1) is 33.2. The minimum Gasteiger partial charge on any atom is -0.456 e. The third kappa shape index (κ3) is 5.33. The van der Waals surface area contributed by atoms with Gasteiger partial charge in [-0.05, 0) is 64.6 Å². The van der Waals surface area contributed by atoms with E-state index < -0.39 is 0 Å². The molecule has 4 heterocycles. The number of aromatic nitrogens is 1.